The fraction of sp³-hybridized carbons (Fsp3) is 0.350. The number of fused-ring (bicyclic) bond motifs is 1. The van der Waals surface area contributed by atoms with Crippen molar-refractivity contribution in [1.29, 1.82) is 0 Å². The maximum atomic E-state index is 12.8. The maximum Gasteiger partial charge on any atom is 0.323 e. The molecule has 0 saturated carbocycles. The number of carbonyl (C=O) groups is 1. The average molecular weight is 364 g/mol. The van der Waals surface area contributed by atoms with Crippen molar-refractivity contribution >= 4 is 11.8 Å². The number of rotatable bonds is 4. The lowest BCUT2D eigenvalue weighted by molar-refractivity contribution is 0.220. The number of benzene rings is 1. The molecule has 2 amide bonds. The minimum absolute atomic E-state index is 0.181. The highest BCUT2D eigenvalue weighted by Crippen LogP contribution is 2.24. The number of nitrogens with one attached hydrogen (secondary N) is 2. The average Bonchev–Trinajstić information content (AvgIpc) is 3.33. The van der Waals surface area contributed by atoms with Gasteiger partial charge < -0.3 is 4.90 Å². The maximum absolute atomic E-state index is 12.8. The van der Waals surface area contributed by atoms with Gasteiger partial charge in [0, 0.05) is 18.8 Å². The highest BCUT2D eigenvalue weighted by molar-refractivity contribution is 5.88. The zero-order valence-corrected chi connectivity index (χ0v) is 15.9. The first kappa shape index (κ1) is 17.3. The Morgan fingerprint density at radius 3 is 2.93 bits per heavy atom. The molecule has 1 aliphatic carbocycles. The molecule has 4 rings (SSSR count). The van der Waals surface area contributed by atoms with Crippen LogP contribution in [0.25, 0.3) is 5.69 Å². The van der Waals surface area contributed by atoms with Gasteiger partial charge in [-0.15, -0.1) is 0 Å². The molecule has 0 atom stereocenters. The van der Waals surface area contributed by atoms with E-state index in [4.69, 9.17) is 0 Å². The van der Waals surface area contributed by atoms with E-state index in [0.29, 0.717) is 12.4 Å². The number of para-hydroxylation sites is 1. The zero-order valence-electron chi connectivity index (χ0n) is 15.9. The highest BCUT2D eigenvalue weighted by Gasteiger charge is 2.21. The van der Waals surface area contributed by atoms with Crippen molar-refractivity contribution in [2.24, 2.45) is 0 Å². The van der Waals surface area contributed by atoms with Crippen LogP contribution in [0.3, 0.4) is 0 Å². The van der Waals surface area contributed by atoms with E-state index in [1.807, 2.05) is 44.2 Å². The number of H-pyrrole nitrogens is 1. The number of hydrogen-bond acceptors (Lipinski definition) is 3. The predicted octanol–water partition coefficient (Wildman–Crippen LogP) is 3.36. The van der Waals surface area contributed by atoms with Gasteiger partial charge in [-0.25, -0.2) is 9.48 Å². The largest absolute Gasteiger partial charge is 0.323 e. The molecular weight excluding hydrogens is 340 g/mol. The Labute approximate surface area is 158 Å². The summed E-state index contributed by atoms with van der Waals surface area (Å²) in [5.41, 5.74) is 6.35. The van der Waals surface area contributed by atoms with E-state index in [9.17, 15) is 4.79 Å². The van der Waals surface area contributed by atoms with Gasteiger partial charge in [-0.05, 0) is 50.3 Å². The van der Waals surface area contributed by atoms with E-state index in [0.717, 1.165) is 41.9 Å². The Kier molecular flexibility index (Phi) is 4.43. The molecule has 1 aromatic carbocycles. The summed E-state index contributed by atoms with van der Waals surface area (Å²) >= 11 is 0. The topological polar surface area (TPSA) is 78.8 Å². The molecule has 0 spiro atoms. The molecule has 2 N–H and O–H groups in total. The van der Waals surface area contributed by atoms with Crippen LogP contribution in [0.15, 0.2) is 30.3 Å². The number of aromatic nitrogens is 4. The molecule has 1 aliphatic rings. The number of nitrogens with zero attached hydrogens (tertiary/aromatic N) is 4. The van der Waals surface area contributed by atoms with Crippen molar-refractivity contribution in [2.75, 3.05) is 12.4 Å². The van der Waals surface area contributed by atoms with Gasteiger partial charge in [-0.2, -0.15) is 10.2 Å². The summed E-state index contributed by atoms with van der Waals surface area (Å²) in [4.78, 5) is 14.4. The van der Waals surface area contributed by atoms with Crippen LogP contribution in [0.2, 0.25) is 0 Å². The Balaban J connectivity index is 1.52. The normalized spacial score (nSPS) is 12.9. The van der Waals surface area contributed by atoms with E-state index in [1.165, 1.54) is 11.3 Å². The number of amides is 2. The van der Waals surface area contributed by atoms with Crippen molar-refractivity contribution in [1.82, 2.24) is 24.9 Å². The number of aromatic amines is 1. The molecule has 7 heteroatoms. The van der Waals surface area contributed by atoms with Gasteiger partial charge in [0.1, 0.15) is 5.82 Å². The molecule has 2 heterocycles. The summed E-state index contributed by atoms with van der Waals surface area (Å²) < 4.78 is 1.78. The summed E-state index contributed by atoms with van der Waals surface area (Å²) in [6.07, 6.45) is 3.24. The van der Waals surface area contributed by atoms with Gasteiger partial charge in [0.25, 0.3) is 0 Å². The number of aryl methyl sites for hydroxylation is 3. The fourth-order valence-corrected chi connectivity index (χ4v) is 3.59. The number of urea groups is 1. The Bertz CT molecular complexity index is 986. The minimum Gasteiger partial charge on any atom is -0.322 e. The Morgan fingerprint density at radius 1 is 1.30 bits per heavy atom. The van der Waals surface area contributed by atoms with Gasteiger partial charge >= 0.3 is 6.03 Å². The molecule has 2 aromatic heterocycles. The standard InChI is InChI=1S/C20H24N6O/c1-13-7-4-5-10-18(13)26-19(11-14(2)24-26)21-20(27)25(3)12-17-15-8-6-9-16(15)22-23-17/h4-5,7,10-11H,6,8-9,12H2,1-3H3,(H,21,27)(H,22,23). The van der Waals surface area contributed by atoms with Crippen molar-refractivity contribution in [3.8, 4) is 5.69 Å². The number of anilines is 1. The van der Waals surface area contributed by atoms with E-state index < -0.39 is 0 Å². The molecule has 7 nitrogen and oxygen atoms in total. The van der Waals surface area contributed by atoms with E-state index in [-0.39, 0.29) is 6.03 Å². The quantitative estimate of drug-likeness (QED) is 0.745. The zero-order chi connectivity index (χ0) is 19.0. The molecule has 0 bridgehead atoms. The number of carbonyl (C=O) groups excluding carboxylic acids is 1. The van der Waals surface area contributed by atoms with Gasteiger partial charge in [0.05, 0.1) is 23.6 Å². The molecule has 27 heavy (non-hydrogen) atoms. The number of hydrogen-bond donors (Lipinski definition) is 2. The van der Waals surface area contributed by atoms with Crippen molar-refractivity contribution < 1.29 is 4.79 Å². The van der Waals surface area contributed by atoms with Crippen molar-refractivity contribution in [3.63, 3.8) is 0 Å². The Morgan fingerprint density at radius 2 is 2.11 bits per heavy atom. The van der Waals surface area contributed by atoms with Crippen LogP contribution in [-0.4, -0.2) is 38.0 Å². The van der Waals surface area contributed by atoms with Crippen molar-refractivity contribution in [3.05, 3.63) is 58.5 Å². The monoisotopic (exact) mass is 364 g/mol. The fourth-order valence-electron chi connectivity index (χ4n) is 3.59. The first-order chi connectivity index (χ1) is 13.0. The van der Waals surface area contributed by atoms with Crippen LogP contribution in [0, 0.1) is 13.8 Å². The van der Waals surface area contributed by atoms with Crippen LogP contribution in [-0.2, 0) is 19.4 Å². The summed E-state index contributed by atoms with van der Waals surface area (Å²) in [7, 11) is 1.78. The second-order valence-corrected chi connectivity index (χ2v) is 7.14. The predicted molar refractivity (Wildman–Crippen MR) is 104 cm³/mol. The lowest BCUT2D eigenvalue weighted by Gasteiger charge is -2.18. The first-order valence-electron chi connectivity index (χ1n) is 9.22. The summed E-state index contributed by atoms with van der Waals surface area (Å²) in [6, 6.07) is 9.68. The molecule has 3 aromatic rings. The molecule has 0 saturated heterocycles. The van der Waals surface area contributed by atoms with Crippen LogP contribution in [0.1, 0.15) is 34.6 Å². The van der Waals surface area contributed by atoms with Gasteiger partial charge in [0.15, 0.2) is 0 Å². The van der Waals surface area contributed by atoms with Crippen LogP contribution in [0.4, 0.5) is 10.6 Å². The minimum atomic E-state index is -0.181. The van der Waals surface area contributed by atoms with Gasteiger partial charge in [-0.1, -0.05) is 18.2 Å². The molecule has 140 valence electrons. The third kappa shape index (κ3) is 3.32. The second-order valence-electron chi connectivity index (χ2n) is 7.14. The third-order valence-corrected chi connectivity index (χ3v) is 5.04. The van der Waals surface area contributed by atoms with Crippen LogP contribution in [0.5, 0.6) is 0 Å². The van der Waals surface area contributed by atoms with E-state index in [2.05, 4.69) is 20.6 Å². The summed E-state index contributed by atoms with van der Waals surface area (Å²) in [5, 5.41) is 15.0. The lowest BCUT2D eigenvalue weighted by Crippen LogP contribution is -2.32. The van der Waals surface area contributed by atoms with E-state index >= 15 is 0 Å². The van der Waals surface area contributed by atoms with Gasteiger partial charge in [0.2, 0.25) is 0 Å². The smallest absolute Gasteiger partial charge is 0.322 e. The lowest BCUT2D eigenvalue weighted by atomic mass is 10.2. The van der Waals surface area contributed by atoms with Crippen LogP contribution >= 0.6 is 0 Å². The molecule has 0 fully saturated rings. The SMILES string of the molecule is Cc1cc(NC(=O)N(C)Cc2n[nH]c3c2CCC3)n(-c2ccccc2C)n1. The second kappa shape index (κ2) is 6.90. The first-order valence-corrected chi connectivity index (χ1v) is 9.22. The molecular formula is C20H24N6O. The van der Waals surface area contributed by atoms with Crippen molar-refractivity contribution in [2.45, 2.75) is 39.7 Å². The van der Waals surface area contributed by atoms with Gasteiger partial charge in [-0.3, -0.25) is 10.4 Å². The summed E-state index contributed by atoms with van der Waals surface area (Å²) in [5.74, 6) is 0.658. The summed E-state index contributed by atoms with van der Waals surface area (Å²) in [6.45, 7) is 4.43. The molecule has 0 radical (unpaired) electrons. The van der Waals surface area contributed by atoms with Crippen LogP contribution < -0.4 is 5.32 Å². The van der Waals surface area contributed by atoms with E-state index in [1.54, 1.807) is 16.6 Å². The molecule has 0 aliphatic heterocycles. The highest BCUT2D eigenvalue weighted by atomic mass is 16.2. The Hall–Kier alpha value is -3.09. The molecule has 0 unspecified atom stereocenters. The third-order valence-electron chi connectivity index (χ3n) is 5.04.